The maximum atomic E-state index is 13.4. The molecule has 0 aromatic heterocycles. The normalized spacial score (nSPS) is 11.7. The molecule has 0 spiro atoms. The number of nitrogen functional groups attached to an aromatic ring is 1. The van der Waals surface area contributed by atoms with Crippen LogP contribution in [0, 0.1) is 11.6 Å². The van der Waals surface area contributed by atoms with E-state index in [-0.39, 0.29) is 6.54 Å². The van der Waals surface area contributed by atoms with E-state index < -0.39 is 32.2 Å². The van der Waals surface area contributed by atoms with E-state index >= 15 is 0 Å². The van der Waals surface area contributed by atoms with Gasteiger partial charge >= 0.3 is 0 Å². The van der Waals surface area contributed by atoms with Crippen LogP contribution >= 0.6 is 0 Å². The number of rotatable bonds is 4. The Balaban J connectivity index is 3.19. The van der Waals surface area contributed by atoms with Crippen molar-refractivity contribution < 1.29 is 17.2 Å². The van der Waals surface area contributed by atoms with Crippen molar-refractivity contribution >= 4 is 15.7 Å². The molecule has 1 rings (SSSR count). The van der Waals surface area contributed by atoms with Crippen LogP contribution in [0.2, 0.25) is 0 Å². The molecule has 7 heteroatoms. The van der Waals surface area contributed by atoms with Crippen LogP contribution in [-0.2, 0) is 10.0 Å². The summed E-state index contributed by atoms with van der Waals surface area (Å²) in [6, 6.07) is 1.66. The second kappa shape index (κ2) is 4.75. The van der Waals surface area contributed by atoms with Gasteiger partial charge in [0.15, 0.2) is 5.82 Å². The first kappa shape index (κ1) is 12.9. The fourth-order valence-corrected chi connectivity index (χ4v) is 2.29. The third kappa shape index (κ3) is 2.48. The third-order valence-corrected chi connectivity index (χ3v) is 3.40. The average molecular weight is 250 g/mol. The Morgan fingerprint density at radius 2 is 2.00 bits per heavy atom. The molecule has 1 aromatic carbocycles. The van der Waals surface area contributed by atoms with Crippen molar-refractivity contribution in [3.05, 3.63) is 23.8 Å². The van der Waals surface area contributed by atoms with Gasteiger partial charge < -0.3 is 5.73 Å². The van der Waals surface area contributed by atoms with Gasteiger partial charge in [0.2, 0.25) is 10.0 Å². The molecule has 0 atom stereocenters. The minimum absolute atomic E-state index is 0.180. The first-order valence-electron chi connectivity index (χ1n) is 4.63. The molecule has 0 amide bonds. The quantitative estimate of drug-likeness (QED) is 0.789. The van der Waals surface area contributed by atoms with E-state index in [1.807, 2.05) is 0 Å². The van der Waals surface area contributed by atoms with E-state index in [1.165, 1.54) is 0 Å². The van der Waals surface area contributed by atoms with E-state index in [1.54, 1.807) is 6.92 Å². The van der Waals surface area contributed by atoms with Gasteiger partial charge in [-0.15, -0.1) is 0 Å². The van der Waals surface area contributed by atoms with E-state index in [0.29, 0.717) is 6.42 Å². The number of nitrogens with one attached hydrogen (secondary N) is 1. The lowest BCUT2D eigenvalue weighted by Gasteiger charge is -2.08. The third-order valence-electron chi connectivity index (χ3n) is 1.92. The molecule has 1 aromatic rings. The molecule has 16 heavy (non-hydrogen) atoms. The molecule has 0 heterocycles. The summed E-state index contributed by atoms with van der Waals surface area (Å²) in [5.41, 5.74) is 4.27. The highest BCUT2D eigenvalue weighted by molar-refractivity contribution is 7.89. The molecule has 90 valence electrons. The van der Waals surface area contributed by atoms with Crippen LogP contribution in [0.3, 0.4) is 0 Å². The first-order valence-corrected chi connectivity index (χ1v) is 6.11. The highest BCUT2D eigenvalue weighted by atomic mass is 32.2. The Labute approximate surface area is 92.5 Å². The number of hydrogen-bond acceptors (Lipinski definition) is 3. The van der Waals surface area contributed by atoms with Crippen molar-refractivity contribution in [3.63, 3.8) is 0 Å². The summed E-state index contributed by atoms with van der Waals surface area (Å²) in [5, 5.41) is 0. The number of nitrogens with two attached hydrogens (primary N) is 1. The molecule has 0 fully saturated rings. The molecule has 0 aliphatic carbocycles. The second-order valence-electron chi connectivity index (χ2n) is 3.17. The Morgan fingerprint density at radius 1 is 1.38 bits per heavy atom. The minimum atomic E-state index is -3.96. The van der Waals surface area contributed by atoms with E-state index in [4.69, 9.17) is 5.73 Å². The van der Waals surface area contributed by atoms with Gasteiger partial charge in [0, 0.05) is 6.54 Å². The smallest absolute Gasteiger partial charge is 0.243 e. The lowest BCUT2D eigenvalue weighted by Crippen LogP contribution is -2.25. The highest BCUT2D eigenvalue weighted by Gasteiger charge is 2.21. The van der Waals surface area contributed by atoms with E-state index in [9.17, 15) is 17.2 Å². The van der Waals surface area contributed by atoms with Gasteiger partial charge in [0.25, 0.3) is 0 Å². The van der Waals surface area contributed by atoms with Crippen molar-refractivity contribution in [3.8, 4) is 0 Å². The summed E-state index contributed by atoms with van der Waals surface area (Å²) in [4.78, 5) is -0.639. The molecular weight excluding hydrogens is 238 g/mol. The van der Waals surface area contributed by atoms with Crippen molar-refractivity contribution in [2.75, 3.05) is 12.3 Å². The predicted octanol–water partition coefficient (Wildman–Crippen LogP) is 1.24. The Kier molecular flexibility index (Phi) is 3.82. The molecule has 0 radical (unpaired) electrons. The van der Waals surface area contributed by atoms with Crippen LogP contribution in [0.4, 0.5) is 14.5 Å². The van der Waals surface area contributed by atoms with Crippen molar-refractivity contribution in [2.24, 2.45) is 0 Å². The van der Waals surface area contributed by atoms with Gasteiger partial charge in [-0.1, -0.05) is 6.92 Å². The Hall–Kier alpha value is -1.21. The van der Waals surface area contributed by atoms with Gasteiger partial charge in [-0.05, 0) is 18.6 Å². The fourth-order valence-electron chi connectivity index (χ4n) is 1.07. The van der Waals surface area contributed by atoms with Gasteiger partial charge in [0.05, 0.1) is 0 Å². The van der Waals surface area contributed by atoms with Gasteiger partial charge in [-0.2, -0.15) is 0 Å². The van der Waals surface area contributed by atoms with Gasteiger partial charge in [-0.25, -0.2) is 21.9 Å². The van der Waals surface area contributed by atoms with Crippen LogP contribution in [0.5, 0.6) is 0 Å². The van der Waals surface area contributed by atoms with Crippen LogP contribution in [-0.4, -0.2) is 15.0 Å². The lowest BCUT2D eigenvalue weighted by atomic mass is 10.3. The largest absolute Gasteiger partial charge is 0.394 e. The zero-order valence-electron chi connectivity index (χ0n) is 8.63. The van der Waals surface area contributed by atoms with E-state index in [2.05, 4.69) is 4.72 Å². The summed E-state index contributed by atoms with van der Waals surface area (Å²) < 4.78 is 51.5. The average Bonchev–Trinajstić information content (AvgIpc) is 2.23. The van der Waals surface area contributed by atoms with Crippen LogP contribution in [0.15, 0.2) is 17.0 Å². The van der Waals surface area contributed by atoms with Crippen LogP contribution < -0.4 is 10.5 Å². The standard InChI is InChI=1S/C9H12F2N2O2S/c1-2-5-13-16(14,15)7-4-3-6(10)9(12)8(7)11/h3-4,13H,2,5,12H2,1H3. The lowest BCUT2D eigenvalue weighted by molar-refractivity contribution is 0.548. The molecule has 0 bridgehead atoms. The molecule has 0 aliphatic rings. The fraction of sp³-hybridized carbons (Fsp3) is 0.333. The van der Waals surface area contributed by atoms with E-state index in [0.717, 1.165) is 12.1 Å². The molecular formula is C9H12F2N2O2S. The van der Waals surface area contributed by atoms with Crippen molar-refractivity contribution in [1.82, 2.24) is 4.72 Å². The zero-order chi connectivity index (χ0) is 12.3. The van der Waals surface area contributed by atoms with Crippen LogP contribution in [0.25, 0.3) is 0 Å². The summed E-state index contributed by atoms with van der Waals surface area (Å²) >= 11 is 0. The summed E-state index contributed by atoms with van der Waals surface area (Å²) in [6.07, 6.45) is 0.567. The molecule has 0 unspecified atom stereocenters. The predicted molar refractivity (Wildman–Crippen MR) is 56.2 cm³/mol. The number of sulfonamides is 1. The summed E-state index contributed by atoms with van der Waals surface area (Å²) in [6.45, 7) is 1.94. The molecule has 0 saturated heterocycles. The molecule has 0 aliphatic heterocycles. The maximum absolute atomic E-state index is 13.4. The second-order valence-corrected chi connectivity index (χ2v) is 4.91. The Bertz CT molecular complexity index is 489. The summed E-state index contributed by atoms with van der Waals surface area (Å²) in [7, 11) is -3.96. The first-order chi connectivity index (χ1) is 7.40. The molecule has 3 N–H and O–H groups in total. The SMILES string of the molecule is CCCNS(=O)(=O)c1ccc(F)c(N)c1F. The number of anilines is 1. The van der Waals surface area contributed by atoms with Crippen molar-refractivity contribution in [1.29, 1.82) is 0 Å². The monoisotopic (exact) mass is 250 g/mol. The zero-order valence-corrected chi connectivity index (χ0v) is 9.44. The number of hydrogen-bond donors (Lipinski definition) is 2. The minimum Gasteiger partial charge on any atom is -0.394 e. The number of halogens is 2. The maximum Gasteiger partial charge on any atom is 0.243 e. The van der Waals surface area contributed by atoms with Crippen LogP contribution in [0.1, 0.15) is 13.3 Å². The molecule has 4 nitrogen and oxygen atoms in total. The van der Waals surface area contributed by atoms with Crippen molar-refractivity contribution in [2.45, 2.75) is 18.2 Å². The molecule has 0 saturated carbocycles. The Morgan fingerprint density at radius 3 is 2.56 bits per heavy atom. The van der Waals surface area contributed by atoms with Gasteiger partial charge in [-0.3, -0.25) is 0 Å². The highest BCUT2D eigenvalue weighted by Crippen LogP contribution is 2.22. The van der Waals surface area contributed by atoms with Gasteiger partial charge in [0.1, 0.15) is 16.4 Å². The summed E-state index contributed by atoms with van der Waals surface area (Å²) in [5.74, 6) is -2.24. The number of benzene rings is 1. The topological polar surface area (TPSA) is 72.2 Å².